The van der Waals surface area contributed by atoms with E-state index in [0.29, 0.717) is 22.0 Å². The fourth-order valence-electron chi connectivity index (χ4n) is 16.9. The van der Waals surface area contributed by atoms with Gasteiger partial charge in [0.25, 0.3) is 0 Å². The first-order chi connectivity index (χ1) is 31.5. The minimum atomic E-state index is 0.000648. The molecule has 13 rings (SSSR count). The summed E-state index contributed by atoms with van der Waals surface area (Å²) in [5.74, 6) is 5.93. The van der Waals surface area contributed by atoms with E-state index >= 15 is 0 Å². The molecule has 4 aromatic rings. The monoisotopic (exact) mass is 921 g/mol. The summed E-state index contributed by atoms with van der Waals surface area (Å²) in [6.07, 6.45) is 22.9. The molecule has 0 radical (unpaired) electrons. The van der Waals surface area contributed by atoms with Crippen LogP contribution in [0.15, 0.2) is 84.9 Å². The summed E-state index contributed by atoms with van der Waals surface area (Å²) in [5.41, 5.74) is 11.3. The average molecular weight is 921 g/mol. The van der Waals surface area contributed by atoms with Gasteiger partial charge in [-0.3, -0.25) is 0 Å². The van der Waals surface area contributed by atoms with E-state index < -0.39 is 0 Å². The van der Waals surface area contributed by atoms with Crippen molar-refractivity contribution >= 4 is 23.5 Å². The van der Waals surface area contributed by atoms with E-state index in [9.17, 15) is 10.2 Å². The van der Waals surface area contributed by atoms with Gasteiger partial charge < -0.3 is 10.2 Å². The molecule has 0 amide bonds. The lowest BCUT2D eigenvalue weighted by Crippen LogP contribution is -2.56. The van der Waals surface area contributed by atoms with E-state index in [2.05, 4.69) is 150 Å². The van der Waals surface area contributed by atoms with Gasteiger partial charge in [-0.2, -0.15) is 23.5 Å². The van der Waals surface area contributed by atoms with Crippen LogP contribution in [0, 0.1) is 23.7 Å². The molecule has 352 valence electrons. The van der Waals surface area contributed by atoms with Gasteiger partial charge in [0.1, 0.15) is 11.5 Å². The lowest BCUT2D eigenvalue weighted by Gasteiger charge is -2.63. The third-order valence-electron chi connectivity index (χ3n) is 19.2. The van der Waals surface area contributed by atoms with Gasteiger partial charge in [-0.1, -0.05) is 152 Å². The summed E-state index contributed by atoms with van der Waals surface area (Å²) in [6, 6.07) is 32.7. The Bertz CT molecular complexity index is 2210. The van der Waals surface area contributed by atoms with E-state index in [1.54, 1.807) is 0 Å². The van der Waals surface area contributed by atoms with Gasteiger partial charge in [0, 0.05) is 55.1 Å². The number of thioether (sulfide) groups is 2. The molecule has 9 fully saturated rings. The molecule has 4 heteroatoms. The van der Waals surface area contributed by atoms with Crippen molar-refractivity contribution in [1.82, 2.24) is 0 Å². The molecule has 9 aliphatic carbocycles. The summed E-state index contributed by atoms with van der Waals surface area (Å²) in [6.45, 7) is 14.2. The minimum Gasteiger partial charge on any atom is -0.507 e. The van der Waals surface area contributed by atoms with E-state index in [0.717, 1.165) is 35.2 Å². The topological polar surface area (TPSA) is 40.5 Å². The molecule has 2 nitrogen and oxygen atoms in total. The molecule has 8 bridgehead atoms. The molecule has 0 aliphatic heterocycles. The molecule has 0 spiro atoms. The van der Waals surface area contributed by atoms with Gasteiger partial charge in [0.05, 0.1) is 0 Å². The van der Waals surface area contributed by atoms with E-state index in [-0.39, 0.29) is 32.5 Å². The second-order valence-corrected chi connectivity index (χ2v) is 28.5. The van der Waals surface area contributed by atoms with Gasteiger partial charge in [0.15, 0.2) is 0 Å². The van der Waals surface area contributed by atoms with Gasteiger partial charge in [-0.25, -0.2) is 0 Å². The molecule has 4 aromatic carbocycles. The van der Waals surface area contributed by atoms with E-state index in [1.807, 2.05) is 0 Å². The maximum atomic E-state index is 12.7. The van der Waals surface area contributed by atoms with Gasteiger partial charge in [0.2, 0.25) is 0 Å². The Kier molecular flexibility index (Phi) is 11.7. The first-order valence-electron chi connectivity index (χ1n) is 26.6. The highest BCUT2D eigenvalue weighted by atomic mass is 32.2. The highest BCUT2D eigenvalue weighted by molar-refractivity contribution is 8.03. The number of phenols is 2. The van der Waals surface area contributed by atoms with Crippen molar-refractivity contribution in [1.29, 1.82) is 0 Å². The molecule has 6 unspecified atom stereocenters. The third kappa shape index (κ3) is 8.22. The van der Waals surface area contributed by atoms with E-state index in [4.69, 9.17) is 0 Å². The maximum Gasteiger partial charge on any atom is 0.123 e. The second kappa shape index (κ2) is 16.9. The predicted octanol–water partition coefficient (Wildman–Crippen LogP) is 16.5. The van der Waals surface area contributed by atoms with Crippen LogP contribution in [0.5, 0.6) is 11.5 Å². The first kappa shape index (κ1) is 45.6. The molecule has 2 N–H and O–H groups in total. The fraction of sp³-hybridized carbons (Fsp3) is 0.613. The van der Waals surface area contributed by atoms with Gasteiger partial charge in [-0.15, -0.1) is 0 Å². The Morgan fingerprint density at radius 1 is 0.470 bits per heavy atom. The largest absolute Gasteiger partial charge is 0.507 e. The van der Waals surface area contributed by atoms with Crippen molar-refractivity contribution in [2.24, 2.45) is 23.7 Å². The Hall–Kier alpha value is -2.82. The van der Waals surface area contributed by atoms with Crippen LogP contribution in [0.1, 0.15) is 202 Å². The molecular formula is C62H80O2S2. The van der Waals surface area contributed by atoms with Crippen LogP contribution in [0.25, 0.3) is 0 Å². The number of rotatable bonds is 10. The lowest BCUT2D eigenvalue weighted by molar-refractivity contribution is -0.0292. The second-order valence-electron chi connectivity index (χ2n) is 26.0. The lowest BCUT2D eigenvalue weighted by atomic mass is 9.41. The molecule has 9 saturated carbocycles. The van der Waals surface area contributed by atoms with Crippen LogP contribution in [-0.2, 0) is 44.0 Å². The maximum absolute atomic E-state index is 12.7. The van der Waals surface area contributed by atoms with E-state index in [1.165, 1.54) is 160 Å². The van der Waals surface area contributed by atoms with Crippen LogP contribution >= 0.6 is 23.5 Å². The smallest absolute Gasteiger partial charge is 0.123 e. The zero-order valence-corrected chi connectivity index (χ0v) is 43.0. The molecule has 6 atom stereocenters. The molecule has 66 heavy (non-hydrogen) atoms. The molecule has 0 heterocycles. The zero-order chi connectivity index (χ0) is 45.7. The zero-order valence-electron chi connectivity index (χ0n) is 41.4. The number of hydrogen-bond donors (Lipinski definition) is 2. The van der Waals surface area contributed by atoms with Crippen molar-refractivity contribution in [3.8, 4) is 11.5 Å². The first-order valence-corrected chi connectivity index (χ1v) is 28.7. The summed E-state index contributed by atoms with van der Waals surface area (Å²) in [7, 11) is 0. The normalized spacial score (nSPS) is 34.9. The third-order valence-corrected chi connectivity index (χ3v) is 22.3. The number of hydrogen-bond acceptors (Lipinski definition) is 4. The highest BCUT2D eigenvalue weighted by Crippen LogP contribution is 2.69. The van der Waals surface area contributed by atoms with Gasteiger partial charge >= 0.3 is 0 Å². The fourth-order valence-corrected chi connectivity index (χ4v) is 20.0. The summed E-state index contributed by atoms with van der Waals surface area (Å²) >= 11 is 4.28. The van der Waals surface area contributed by atoms with Gasteiger partial charge in [-0.05, 0) is 157 Å². The van der Waals surface area contributed by atoms with Crippen LogP contribution in [-0.4, -0.2) is 20.7 Å². The quantitative estimate of drug-likeness (QED) is 0.166. The Morgan fingerprint density at radius 3 is 1.17 bits per heavy atom. The number of benzene rings is 4. The molecular weight excluding hydrogens is 841 g/mol. The Balaban J connectivity index is 0.881. The van der Waals surface area contributed by atoms with Crippen molar-refractivity contribution in [3.05, 3.63) is 129 Å². The van der Waals surface area contributed by atoms with Crippen molar-refractivity contribution in [2.45, 2.75) is 212 Å². The Labute approximate surface area is 407 Å². The minimum absolute atomic E-state index is 0.000648. The van der Waals surface area contributed by atoms with Crippen LogP contribution in [0.3, 0.4) is 0 Å². The van der Waals surface area contributed by atoms with Crippen molar-refractivity contribution in [2.75, 3.05) is 0 Å². The van der Waals surface area contributed by atoms with Crippen molar-refractivity contribution in [3.63, 3.8) is 0 Å². The number of aromatic hydroxyl groups is 2. The van der Waals surface area contributed by atoms with Crippen LogP contribution in [0.4, 0.5) is 0 Å². The summed E-state index contributed by atoms with van der Waals surface area (Å²) in [5, 5.41) is 26.4. The predicted molar refractivity (Wildman–Crippen MR) is 280 cm³/mol. The van der Waals surface area contributed by atoms with Crippen molar-refractivity contribution < 1.29 is 10.2 Å². The number of phenolic OH excluding ortho intramolecular Hbond substituents is 2. The van der Waals surface area contributed by atoms with Crippen LogP contribution < -0.4 is 0 Å². The summed E-state index contributed by atoms with van der Waals surface area (Å²) < 4.78 is 0. The highest BCUT2D eigenvalue weighted by Gasteiger charge is 2.61. The van der Waals surface area contributed by atoms with Crippen LogP contribution in [0.2, 0.25) is 0 Å². The SMILES string of the molecule is CC(C)(C)c1cc(CSC2CCCCCCC2SCc2cc(C(C)(C)C)cc(C34CC5CC(CC(c6ccccc6)(C5)C3)C4)c2O)c(O)c(C23CC4CC(CC(c5ccccc5)(C4)C2)C3)c1. The molecule has 0 aromatic heterocycles. The standard InChI is InChI=1S/C62H80O2S2/c1-57(2,3)49-25-45(55(63)51(27-49)61-33-41-23-42(34-61)30-59(29-41,39-61)47-17-11-9-12-18-47)37-65-53-21-15-7-8-16-22-54(53)66-38-46-26-50(58(4,5)6)28-52(56(46)64)62-35-43-24-44(36-62)32-60(31-43,40-62)48-19-13-10-14-20-48/h9-14,17-20,25-28,41-44,53-54,63-64H,7-8,15-16,21-24,29-40H2,1-6H3. The molecule has 9 aliphatic rings. The Morgan fingerprint density at radius 2 is 0.818 bits per heavy atom. The molecule has 0 saturated heterocycles. The average Bonchev–Trinajstić information content (AvgIpc) is 3.25. The summed E-state index contributed by atoms with van der Waals surface area (Å²) in [4.78, 5) is 0.